The van der Waals surface area contributed by atoms with E-state index >= 15 is 0 Å². The van der Waals surface area contributed by atoms with E-state index in [1.54, 1.807) is 0 Å². The van der Waals surface area contributed by atoms with Gasteiger partial charge in [-0.2, -0.15) is 0 Å². The largest absolute Gasteiger partial charge is 0.394 e. The predicted molar refractivity (Wildman–Crippen MR) is 89.4 cm³/mol. The van der Waals surface area contributed by atoms with E-state index in [1.165, 1.54) is 30.3 Å². The number of nitrogens with one attached hydrogen (secondary N) is 2. The van der Waals surface area contributed by atoms with Crippen LogP contribution in [0.3, 0.4) is 0 Å². The van der Waals surface area contributed by atoms with Gasteiger partial charge in [0.05, 0.1) is 12.6 Å². The van der Waals surface area contributed by atoms with E-state index in [0.717, 1.165) is 12.1 Å². The first kappa shape index (κ1) is 18.5. The highest BCUT2D eigenvalue weighted by Crippen LogP contribution is 2.14. The Balaban J connectivity index is 2.03. The molecule has 0 heterocycles. The maximum atomic E-state index is 13.2. The summed E-state index contributed by atoms with van der Waals surface area (Å²) in [7, 11) is 0. The number of aliphatic hydroxyl groups is 1. The number of rotatable bonds is 6. The zero-order valence-corrected chi connectivity index (χ0v) is 13.6. The van der Waals surface area contributed by atoms with Gasteiger partial charge in [-0.05, 0) is 48.9 Å². The second-order valence-corrected chi connectivity index (χ2v) is 5.42. The zero-order valence-electron chi connectivity index (χ0n) is 13.6. The first-order valence-corrected chi connectivity index (χ1v) is 7.72. The van der Waals surface area contributed by atoms with Crippen molar-refractivity contribution in [2.45, 2.75) is 19.4 Å². The Labute approximate surface area is 143 Å². The van der Waals surface area contributed by atoms with Gasteiger partial charge in [-0.1, -0.05) is 6.92 Å². The van der Waals surface area contributed by atoms with Crippen LogP contribution in [-0.2, 0) is 0 Å². The van der Waals surface area contributed by atoms with Gasteiger partial charge in [0.25, 0.3) is 11.8 Å². The molecule has 2 amide bonds. The van der Waals surface area contributed by atoms with Crippen molar-refractivity contribution < 1.29 is 23.5 Å². The van der Waals surface area contributed by atoms with Crippen LogP contribution in [0, 0.1) is 11.6 Å². The van der Waals surface area contributed by atoms with Gasteiger partial charge in [0.1, 0.15) is 0 Å². The monoisotopic (exact) mass is 348 g/mol. The Morgan fingerprint density at radius 3 is 2.20 bits per heavy atom. The highest BCUT2D eigenvalue weighted by Gasteiger charge is 2.13. The quantitative estimate of drug-likeness (QED) is 0.751. The van der Waals surface area contributed by atoms with E-state index in [-0.39, 0.29) is 24.1 Å². The average molecular weight is 348 g/mol. The molecule has 2 rings (SSSR count). The molecule has 0 saturated heterocycles. The van der Waals surface area contributed by atoms with Crippen LogP contribution in [-0.4, -0.2) is 29.6 Å². The van der Waals surface area contributed by atoms with Crippen molar-refractivity contribution in [2.24, 2.45) is 0 Å². The molecule has 5 nitrogen and oxygen atoms in total. The fourth-order valence-electron chi connectivity index (χ4n) is 2.09. The first-order chi connectivity index (χ1) is 11.9. The van der Waals surface area contributed by atoms with Crippen LogP contribution in [0.4, 0.5) is 14.5 Å². The molecule has 0 fully saturated rings. The molecule has 25 heavy (non-hydrogen) atoms. The number of carbonyl (C=O) groups excluding carboxylic acids is 2. The van der Waals surface area contributed by atoms with Crippen LogP contribution in [0.2, 0.25) is 0 Å². The zero-order chi connectivity index (χ0) is 18.4. The van der Waals surface area contributed by atoms with Crippen LogP contribution in [0.1, 0.15) is 34.1 Å². The average Bonchev–Trinajstić information content (AvgIpc) is 2.62. The SMILES string of the molecule is CCC(CO)NC(=O)c1ccc(NC(=O)c2ccc(F)c(F)c2)cc1. The molecule has 0 bridgehead atoms. The summed E-state index contributed by atoms with van der Waals surface area (Å²) in [6, 6.07) is 8.62. The fraction of sp³-hybridized carbons (Fsp3) is 0.222. The molecule has 0 aliphatic carbocycles. The normalized spacial score (nSPS) is 11.7. The molecule has 1 unspecified atom stereocenters. The van der Waals surface area contributed by atoms with E-state index in [2.05, 4.69) is 10.6 Å². The molecule has 2 aromatic rings. The van der Waals surface area contributed by atoms with E-state index in [0.29, 0.717) is 17.7 Å². The molecule has 3 N–H and O–H groups in total. The molecule has 0 aliphatic heterocycles. The molecule has 132 valence electrons. The Morgan fingerprint density at radius 1 is 1.00 bits per heavy atom. The van der Waals surface area contributed by atoms with Crippen molar-refractivity contribution in [1.82, 2.24) is 5.32 Å². The highest BCUT2D eigenvalue weighted by atomic mass is 19.2. The first-order valence-electron chi connectivity index (χ1n) is 7.72. The second kappa shape index (κ2) is 8.34. The summed E-state index contributed by atoms with van der Waals surface area (Å²) >= 11 is 0. The summed E-state index contributed by atoms with van der Waals surface area (Å²) in [5, 5.41) is 14.3. The molecular formula is C18H18F2N2O3. The molecular weight excluding hydrogens is 330 g/mol. The minimum Gasteiger partial charge on any atom is -0.394 e. The molecule has 2 aromatic carbocycles. The van der Waals surface area contributed by atoms with E-state index in [9.17, 15) is 18.4 Å². The van der Waals surface area contributed by atoms with Crippen LogP contribution in [0.25, 0.3) is 0 Å². The summed E-state index contributed by atoms with van der Waals surface area (Å²) in [4.78, 5) is 24.0. The maximum Gasteiger partial charge on any atom is 0.255 e. The van der Waals surface area contributed by atoms with Crippen molar-refractivity contribution in [3.63, 3.8) is 0 Å². The number of hydrogen-bond donors (Lipinski definition) is 3. The number of hydrogen-bond acceptors (Lipinski definition) is 3. The maximum absolute atomic E-state index is 13.2. The molecule has 7 heteroatoms. The lowest BCUT2D eigenvalue weighted by Gasteiger charge is -2.14. The minimum absolute atomic E-state index is 0.0190. The highest BCUT2D eigenvalue weighted by molar-refractivity contribution is 6.04. The molecule has 0 radical (unpaired) electrons. The third-order valence-electron chi connectivity index (χ3n) is 3.64. The van der Waals surface area contributed by atoms with Crippen molar-refractivity contribution >= 4 is 17.5 Å². The molecule has 0 spiro atoms. The summed E-state index contributed by atoms with van der Waals surface area (Å²) in [5.41, 5.74) is 0.757. The minimum atomic E-state index is -1.10. The van der Waals surface area contributed by atoms with Crippen LogP contribution in [0.5, 0.6) is 0 Å². The van der Waals surface area contributed by atoms with Gasteiger partial charge in [-0.15, -0.1) is 0 Å². The third-order valence-corrected chi connectivity index (χ3v) is 3.64. The summed E-state index contributed by atoms with van der Waals surface area (Å²) in [5.74, 6) is -3.06. The van der Waals surface area contributed by atoms with E-state index in [1.807, 2.05) is 6.92 Å². The predicted octanol–water partition coefficient (Wildman–Crippen LogP) is 2.72. The van der Waals surface area contributed by atoms with E-state index in [4.69, 9.17) is 5.11 Å². The van der Waals surface area contributed by atoms with Crippen molar-refractivity contribution in [3.8, 4) is 0 Å². The number of halogens is 2. The second-order valence-electron chi connectivity index (χ2n) is 5.42. The van der Waals surface area contributed by atoms with Crippen LogP contribution >= 0.6 is 0 Å². The van der Waals surface area contributed by atoms with Gasteiger partial charge in [0, 0.05) is 16.8 Å². The van der Waals surface area contributed by atoms with Crippen molar-refractivity contribution in [3.05, 3.63) is 65.2 Å². The molecule has 1 atom stereocenters. The Morgan fingerprint density at radius 2 is 1.64 bits per heavy atom. The van der Waals surface area contributed by atoms with Gasteiger partial charge in [0.2, 0.25) is 0 Å². The fourth-order valence-corrected chi connectivity index (χ4v) is 2.09. The Hall–Kier alpha value is -2.80. The van der Waals surface area contributed by atoms with Crippen molar-refractivity contribution in [1.29, 1.82) is 0 Å². The van der Waals surface area contributed by atoms with Crippen LogP contribution in [0.15, 0.2) is 42.5 Å². The lowest BCUT2D eigenvalue weighted by atomic mass is 10.1. The van der Waals surface area contributed by atoms with Gasteiger partial charge < -0.3 is 15.7 Å². The molecule has 0 saturated carbocycles. The number of aliphatic hydroxyl groups excluding tert-OH is 1. The van der Waals surface area contributed by atoms with Gasteiger partial charge in [0.15, 0.2) is 11.6 Å². The third kappa shape index (κ3) is 4.84. The Kier molecular flexibility index (Phi) is 6.19. The van der Waals surface area contributed by atoms with Gasteiger partial charge in [-0.25, -0.2) is 8.78 Å². The molecule has 0 aromatic heterocycles. The summed E-state index contributed by atoms with van der Waals surface area (Å²) in [6.45, 7) is 1.70. The Bertz CT molecular complexity index is 759. The summed E-state index contributed by atoms with van der Waals surface area (Å²) < 4.78 is 26.1. The van der Waals surface area contributed by atoms with Gasteiger partial charge >= 0.3 is 0 Å². The number of amides is 2. The number of carbonyl (C=O) groups is 2. The smallest absolute Gasteiger partial charge is 0.255 e. The lowest BCUT2D eigenvalue weighted by molar-refractivity contribution is 0.0914. The standard InChI is InChI=1S/C18H18F2N2O3/c1-2-13(10-23)21-17(24)11-3-6-14(7-4-11)22-18(25)12-5-8-15(19)16(20)9-12/h3-9,13,23H,2,10H2,1H3,(H,21,24)(H,22,25). The van der Waals surface area contributed by atoms with Crippen LogP contribution < -0.4 is 10.6 Å². The molecule has 0 aliphatic rings. The topological polar surface area (TPSA) is 78.4 Å². The number of anilines is 1. The number of benzene rings is 2. The van der Waals surface area contributed by atoms with E-state index < -0.39 is 17.5 Å². The lowest BCUT2D eigenvalue weighted by Crippen LogP contribution is -2.36. The summed E-state index contributed by atoms with van der Waals surface area (Å²) in [6.07, 6.45) is 0.602. The van der Waals surface area contributed by atoms with Crippen molar-refractivity contribution in [2.75, 3.05) is 11.9 Å². The van der Waals surface area contributed by atoms with Gasteiger partial charge in [-0.3, -0.25) is 9.59 Å².